The third kappa shape index (κ3) is 3.19. The molecule has 0 spiro atoms. The minimum Gasteiger partial charge on any atom is -0.296 e. The van der Waals surface area contributed by atoms with E-state index in [2.05, 4.69) is 17.3 Å². The zero-order valence-corrected chi connectivity index (χ0v) is 3.81. The zero-order chi connectivity index (χ0) is 4.83. The van der Waals surface area contributed by atoms with Crippen LogP contribution in [0.5, 0.6) is 0 Å². The van der Waals surface area contributed by atoms with Crippen LogP contribution in [0.15, 0.2) is 23.4 Å². The summed E-state index contributed by atoms with van der Waals surface area (Å²) in [5.74, 6) is 0. The predicted octanol–water partition coefficient (Wildman–Crippen LogP) is 1.03. The van der Waals surface area contributed by atoms with Crippen molar-refractivity contribution in [3.05, 3.63) is 18.4 Å². The lowest BCUT2D eigenvalue weighted by atomic mass is 10.7. The van der Waals surface area contributed by atoms with Crippen molar-refractivity contribution in [1.29, 1.82) is 0 Å². The van der Waals surface area contributed by atoms with E-state index in [0.717, 1.165) is 0 Å². The van der Waals surface area contributed by atoms with E-state index in [-0.39, 0.29) is 0 Å². The molecule has 0 amide bonds. The van der Waals surface area contributed by atoms with Gasteiger partial charge in [-0.25, -0.2) is 0 Å². The molecule has 0 fully saturated rings. The Morgan fingerprint density at radius 3 is 2.67 bits per heavy atom. The Morgan fingerprint density at radius 2 is 2.50 bits per heavy atom. The highest BCUT2D eigenvalue weighted by molar-refractivity contribution is 5.70. The third-order valence-electron chi connectivity index (χ3n) is 0.341. The summed E-state index contributed by atoms with van der Waals surface area (Å²) in [4.78, 5) is 3.64. The first-order valence-corrected chi connectivity index (χ1v) is 1.68. The molecule has 6 heavy (non-hydrogen) atoms. The van der Waals surface area contributed by atoms with Gasteiger partial charge in [0.25, 0.3) is 0 Å². The van der Waals surface area contributed by atoms with Crippen LogP contribution in [0.1, 0.15) is 0 Å². The van der Waals surface area contributed by atoms with E-state index in [4.69, 9.17) is 0 Å². The number of hydrogen-bond acceptors (Lipinski definition) is 1. The second-order valence-corrected chi connectivity index (χ2v) is 0.778. The lowest BCUT2D eigenvalue weighted by Crippen LogP contribution is -1.54. The summed E-state index contributed by atoms with van der Waals surface area (Å²) >= 11 is 0. The standard InChI is InChI=1S/C5H7N/c1-3-4-5-6-2/h4-5H,1H2,2H3. The molecule has 0 aliphatic heterocycles. The minimum absolute atomic E-state index is 1.63. The second kappa shape index (κ2) is 4.19. The van der Waals surface area contributed by atoms with Crippen molar-refractivity contribution >= 4 is 6.21 Å². The molecule has 0 unspecified atom stereocenters. The monoisotopic (exact) mass is 81.1 g/mol. The van der Waals surface area contributed by atoms with Crippen LogP contribution in [0.4, 0.5) is 0 Å². The summed E-state index contributed by atoms with van der Waals surface area (Å²) < 4.78 is 0. The number of rotatable bonds is 1. The fraction of sp³-hybridized carbons (Fsp3) is 0.200. The molecular weight excluding hydrogens is 74.1 g/mol. The van der Waals surface area contributed by atoms with Crippen molar-refractivity contribution in [2.45, 2.75) is 0 Å². The van der Waals surface area contributed by atoms with Crippen LogP contribution in [-0.2, 0) is 0 Å². The first-order valence-electron chi connectivity index (χ1n) is 1.68. The summed E-state index contributed by atoms with van der Waals surface area (Å²) in [6.07, 6.45) is 3.28. The zero-order valence-electron chi connectivity index (χ0n) is 3.81. The van der Waals surface area contributed by atoms with E-state index in [0.29, 0.717) is 0 Å². The van der Waals surface area contributed by atoms with Gasteiger partial charge in [-0.3, -0.25) is 4.99 Å². The lowest BCUT2D eigenvalue weighted by Gasteiger charge is -1.59. The molecule has 0 saturated carbocycles. The molecule has 0 rings (SSSR count). The fourth-order valence-electron chi connectivity index (χ4n) is 0.127. The maximum absolute atomic E-state index is 3.64. The molecule has 32 valence electrons. The van der Waals surface area contributed by atoms with Crippen molar-refractivity contribution < 1.29 is 0 Å². The smallest absolute Gasteiger partial charge is 0.0285 e. The highest BCUT2D eigenvalue weighted by Crippen LogP contribution is 1.53. The average molecular weight is 81.1 g/mol. The summed E-state index contributed by atoms with van der Waals surface area (Å²) in [6.45, 7) is 3.33. The van der Waals surface area contributed by atoms with Crippen molar-refractivity contribution in [3.63, 3.8) is 0 Å². The molecule has 0 bridgehead atoms. The normalized spacial score (nSPS) is 8.17. The highest BCUT2D eigenvalue weighted by Gasteiger charge is 1.46. The summed E-state index contributed by atoms with van der Waals surface area (Å²) in [6, 6.07) is 0. The largest absolute Gasteiger partial charge is 0.296 e. The number of nitrogens with zero attached hydrogens (tertiary/aromatic N) is 1. The van der Waals surface area contributed by atoms with Gasteiger partial charge in [0.15, 0.2) is 0 Å². The van der Waals surface area contributed by atoms with Gasteiger partial charge in [-0.05, 0) is 6.08 Å². The van der Waals surface area contributed by atoms with Gasteiger partial charge in [-0.2, -0.15) is 0 Å². The molecule has 0 aromatic rings. The average Bonchev–Trinajstić information content (AvgIpc) is 1.61. The number of hydrogen-bond donors (Lipinski definition) is 0. The molecule has 0 aromatic carbocycles. The van der Waals surface area contributed by atoms with Gasteiger partial charge in [-0.15, -0.1) is 5.73 Å². The Hall–Kier alpha value is -0.810. The molecule has 0 saturated heterocycles. The van der Waals surface area contributed by atoms with Gasteiger partial charge in [0, 0.05) is 13.3 Å². The minimum atomic E-state index is 1.63. The molecule has 0 atom stereocenters. The third-order valence-corrected chi connectivity index (χ3v) is 0.341. The summed E-state index contributed by atoms with van der Waals surface area (Å²) in [7, 11) is 1.70. The van der Waals surface area contributed by atoms with Crippen molar-refractivity contribution in [2.24, 2.45) is 4.99 Å². The Kier molecular flexibility index (Phi) is 3.62. The molecule has 0 heterocycles. The molecule has 1 heteroatoms. The summed E-state index contributed by atoms with van der Waals surface area (Å²) in [5, 5.41) is 0. The Balaban J connectivity index is 3.33. The highest BCUT2D eigenvalue weighted by atomic mass is 14.6. The van der Waals surface area contributed by atoms with Crippen LogP contribution in [0.3, 0.4) is 0 Å². The van der Waals surface area contributed by atoms with Gasteiger partial charge in [-0.1, -0.05) is 6.58 Å². The van der Waals surface area contributed by atoms with Crippen LogP contribution in [0.25, 0.3) is 0 Å². The van der Waals surface area contributed by atoms with E-state index in [9.17, 15) is 0 Å². The van der Waals surface area contributed by atoms with Gasteiger partial charge >= 0.3 is 0 Å². The number of allylic oxidation sites excluding steroid dienone is 1. The number of aliphatic imine (C=N–C) groups is 1. The molecule has 0 aliphatic rings. The molecule has 0 aromatic heterocycles. The molecular formula is C5H7N. The van der Waals surface area contributed by atoms with Crippen molar-refractivity contribution in [2.75, 3.05) is 7.05 Å². The van der Waals surface area contributed by atoms with Gasteiger partial charge in [0.1, 0.15) is 0 Å². The van der Waals surface area contributed by atoms with Crippen LogP contribution >= 0.6 is 0 Å². The summed E-state index contributed by atoms with van der Waals surface area (Å²) in [5.41, 5.74) is 2.54. The van der Waals surface area contributed by atoms with E-state index in [1.54, 1.807) is 19.3 Å². The maximum Gasteiger partial charge on any atom is 0.0285 e. The first kappa shape index (κ1) is 5.19. The van der Waals surface area contributed by atoms with Crippen LogP contribution < -0.4 is 0 Å². The van der Waals surface area contributed by atoms with Crippen LogP contribution in [0, 0.1) is 0 Å². The van der Waals surface area contributed by atoms with Crippen LogP contribution in [0.2, 0.25) is 0 Å². The van der Waals surface area contributed by atoms with Crippen molar-refractivity contribution in [3.8, 4) is 0 Å². The lowest BCUT2D eigenvalue weighted by molar-refractivity contribution is 1.48. The first-order chi connectivity index (χ1) is 2.91. The molecule has 0 aliphatic carbocycles. The van der Waals surface area contributed by atoms with Gasteiger partial charge in [0.2, 0.25) is 0 Å². The Morgan fingerprint density at radius 1 is 1.83 bits per heavy atom. The SMILES string of the molecule is C=C=CC=NC. The van der Waals surface area contributed by atoms with E-state index in [1.165, 1.54) is 0 Å². The Labute approximate surface area is 37.7 Å². The molecule has 0 N–H and O–H groups in total. The van der Waals surface area contributed by atoms with Crippen molar-refractivity contribution in [1.82, 2.24) is 0 Å². The van der Waals surface area contributed by atoms with Gasteiger partial charge < -0.3 is 0 Å². The maximum atomic E-state index is 3.64. The topological polar surface area (TPSA) is 12.4 Å². The van der Waals surface area contributed by atoms with Crippen LogP contribution in [-0.4, -0.2) is 13.3 Å². The fourth-order valence-corrected chi connectivity index (χ4v) is 0.127. The van der Waals surface area contributed by atoms with E-state index in [1.807, 2.05) is 0 Å². The molecule has 0 radical (unpaired) electrons. The second-order valence-electron chi connectivity index (χ2n) is 0.778. The molecule has 1 nitrogen and oxygen atoms in total. The van der Waals surface area contributed by atoms with E-state index < -0.39 is 0 Å². The quantitative estimate of drug-likeness (QED) is 0.330. The van der Waals surface area contributed by atoms with Gasteiger partial charge in [0.05, 0.1) is 0 Å². The van der Waals surface area contributed by atoms with E-state index >= 15 is 0 Å². The predicted molar refractivity (Wildman–Crippen MR) is 28.1 cm³/mol. The Bertz CT molecular complexity index is 86.1.